The third-order valence-electron chi connectivity index (χ3n) is 4.35. The van der Waals surface area contributed by atoms with Gasteiger partial charge in [0, 0.05) is 6.07 Å². The summed E-state index contributed by atoms with van der Waals surface area (Å²) in [5.74, 6) is 0.571. The van der Waals surface area contributed by atoms with E-state index in [1.807, 2.05) is 13.0 Å². The lowest BCUT2D eigenvalue weighted by Crippen LogP contribution is -2.25. The van der Waals surface area contributed by atoms with E-state index in [2.05, 4.69) is 42.5 Å². The van der Waals surface area contributed by atoms with Crippen LogP contribution in [0, 0.1) is 12.3 Å². The van der Waals surface area contributed by atoms with Crippen LogP contribution in [0.15, 0.2) is 39.0 Å². The number of carbonyl (C=O) groups excluding carboxylic acids is 1. The van der Waals surface area contributed by atoms with E-state index in [0.717, 1.165) is 12.1 Å². The monoisotopic (exact) mass is 345 g/mol. The number of nitrogens with one attached hydrogen (secondary N) is 1. The third kappa shape index (κ3) is 5.59. The molecule has 0 saturated heterocycles. The number of aromatic nitrogens is 1. The van der Waals surface area contributed by atoms with Gasteiger partial charge in [-0.3, -0.25) is 4.79 Å². The van der Waals surface area contributed by atoms with Crippen LogP contribution in [0.2, 0.25) is 0 Å². The molecule has 1 aromatic heterocycles. The second-order valence-electron chi connectivity index (χ2n) is 7.12. The second kappa shape index (κ2) is 8.14. The minimum Gasteiger partial charge on any atom is -0.465 e. The summed E-state index contributed by atoms with van der Waals surface area (Å²) in [5.41, 5.74) is 6.19. The van der Waals surface area contributed by atoms with Crippen LogP contribution < -0.4 is 10.2 Å². The molecule has 6 heteroatoms. The van der Waals surface area contributed by atoms with Crippen molar-refractivity contribution in [2.45, 2.75) is 53.9 Å². The lowest BCUT2D eigenvalue weighted by Gasteiger charge is -2.32. The fourth-order valence-corrected chi connectivity index (χ4v) is 2.99. The number of nitrogens with zero attached hydrogens (tertiary/aromatic N) is 2. The molecule has 136 valence electrons. The summed E-state index contributed by atoms with van der Waals surface area (Å²) in [6, 6.07) is 1.62. The maximum Gasteiger partial charge on any atom is 0.278 e. The molecule has 6 nitrogen and oxygen atoms in total. The number of rotatable bonds is 6. The van der Waals surface area contributed by atoms with Crippen molar-refractivity contribution in [3.8, 4) is 5.88 Å². The van der Waals surface area contributed by atoms with Crippen molar-refractivity contribution in [2.24, 2.45) is 10.5 Å². The van der Waals surface area contributed by atoms with E-state index in [1.54, 1.807) is 13.0 Å². The van der Waals surface area contributed by atoms with Crippen LogP contribution in [0.5, 0.6) is 5.88 Å². The molecule has 1 aromatic rings. The molecule has 1 heterocycles. The molecule has 1 aliphatic carbocycles. The minimum absolute atomic E-state index is 0.163. The van der Waals surface area contributed by atoms with E-state index in [4.69, 9.17) is 9.26 Å². The quantitative estimate of drug-likeness (QED) is 0.626. The number of amides is 1. The average Bonchev–Trinajstić information content (AvgIpc) is 2.95. The molecule has 0 radical (unpaired) electrons. The summed E-state index contributed by atoms with van der Waals surface area (Å²) in [7, 11) is 0. The van der Waals surface area contributed by atoms with Crippen molar-refractivity contribution in [3.63, 3.8) is 0 Å². The number of hydrogen-bond acceptors (Lipinski definition) is 5. The summed E-state index contributed by atoms with van der Waals surface area (Å²) >= 11 is 0. The minimum atomic E-state index is -0.346. The summed E-state index contributed by atoms with van der Waals surface area (Å²) in [6.45, 7) is 10.2. The Morgan fingerprint density at radius 2 is 2.24 bits per heavy atom. The van der Waals surface area contributed by atoms with Gasteiger partial charge in [0.15, 0.2) is 6.61 Å². The van der Waals surface area contributed by atoms with Gasteiger partial charge in [0.05, 0.1) is 5.71 Å². The fourth-order valence-electron chi connectivity index (χ4n) is 2.99. The summed E-state index contributed by atoms with van der Waals surface area (Å²) in [6.07, 6.45) is 7.64. The standard InChI is InChI=1S/C19H27N3O3/c1-13-7-6-10-19(4,5)16(13)9-8-14(2)20-21-17(23)12-24-18-11-15(3)25-22-18/h8-9,11H,6-7,10,12H2,1-5H3,(H,21,23)/b9-8+,20-14-. The number of carbonyl (C=O) groups is 1. The summed E-state index contributed by atoms with van der Waals surface area (Å²) in [5, 5.41) is 7.74. The van der Waals surface area contributed by atoms with Gasteiger partial charge in [-0.1, -0.05) is 25.5 Å². The predicted molar refractivity (Wildman–Crippen MR) is 97.5 cm³/mol. The van der Waals surface area contributed by atoms with Crippen molar-refractivity contribution in [1.82, 2.24) is 10.6 Å². The van der Waals surface area contributed by atoms with Gasteiger partial charge in [-0.15, -0.1) is 0 Å². The van der Waals surface area contributed by atoms with Crippen molar-refractivity contribution in [1.29, 1.82) is 0 Å². The Balaban J connectivity index is 1.87. The van der Waals surface area contributed by atoms with Crippen LogP contribution in [0.25, 0.3) is 0 Å². The lowest BCUT2D eigenvalue weighted by molar-refractivity contribution is -0.123. The lowest BCUT2D eigenvalue weighted by atomic mass is 9.72. The smallest absolute Gasteiger partial charge is 0.278 e. The van der Waals surface area contributed by atoms with E-state index in [9.17, 15) is 4.79 Å². The summed E-state index contributed by atoms with van der Waals surface area (Å²) in [4.78, 5) is 11.8. The molecular weight excluding hydrogens is 318 g/mol. The molecule has 1 amide bonds. The zero-order chi connectivity index (χ0) is 18.4. The second-order valence-corrected chi connectivity index (χ2v) is 7.12. The molecule has 0 bridgehead atoms. The van der Waals surface area contributed by atoms with Gasteiger partial charge >= 0.3 is 0 Å². The van der Waals surface area contributed by atoms with Crippen LogP contribution >= 0.6 is 0 Å². The van der Waals surface area contributed by atoms with Crippen molar-refractivity contribution in [2.75, 3.05) is 6.61 Å². The van der Waals surface area contributed by atoms with E-state index in [1.165, 1.54) is 24.0 Å². The Morgan fingerprint density at radius 1 is 1.48 bits per heavy atom. The molecule has 0 aromatic carbocycles. The van der Waals surface area contributed by atoms with Gasteiger partial charge in [0.25, 0.3) is 11.8 Å². The highest BCUT2D eigenvalue weighted by Gasteiger charge is 2.26. The number of hydrazone groups is 1. The number of allylic oxidation sites excluding steroid dienone is 4. The molecule has 0 saturated carbocycles. The molecule has 0 atom stereocenters. The van der Waals surface area contributed by atoms with Crippen LogP contribution in [-0.4, -0.2) is 23.4 Å². The SMILES string of the molecule is CC1=C(/C=C/C(C)=N\NC(=O)COc2cc(C)on2)C(C)(C)CCC1. The first-order chi connectivity index (χ1) is 11.8. The van der Waals surface area contributed by atoms with Gasteiger partial charge < -0.3 is 9.26 Å². The molecule has 1 N–H and O–H groups in total. The molecular formula is C19H27N3O3. The first kappa shape index (κ1) is 19.0. The zero-order valence-electron chi connectivity index (χ0n) is 15.7. The first-order valence-electron chi connectivity index (χ1n) is 8.55. The van der Waals surface area contributed by atoms with Gasteiger partial charge in [0.2, 0.25) is 0 Å². The molecule has 2 rings (SSSR count). The third-order valence-corrected chi connectivity index (χ3v) is 4.35. The van der Waals surface area contributed by atoms with E-state index in [0.29, 0.717) is 5.76 Å². The van der Waals surface area contributed by atoms with Crippen LogP contribution in [0.3, 0.4) is 0 Å². The van der Waals surface area contributed by atoms with Crippen molar-refractivity contribution < 1.29 is 14.1 Å². The molecule has 0 spiro atoms. The van der Waals surface area contributed by atoms with Crippen LogP contribution in [0.4, 0.5) is 0 Å². The molecule has 25 heavy (non-hydrogen) atoms. The number of ether oxygens (including phenoxy) is 1. The highest BCUT2D eigenvalue weighted by Crippen LogP contribution is 2.40. The summed E-state index contributed by atoms with van der Waals surface area (Å²) < 4.78 is 10.1. The molecule has 0 aliphatic heterocycles. The van der Waals surface area contributed by atoms with Crippen LogP contribution in [0.1, 0.15) is 52.7 Å². The highest BCUT2D eigenvalue weighted by atomic mass is 16.5. The number of hydrogen-bond donors (Lipinski definition) is 1. The maximum atomic E-state index is 11.8. The predicted octanol–water partition coefficient (Wildman–Crippen LogP) is 3.94. The highest BCUT2D eigenvalue weighted by molar-refractivity contribution is 5.94. The Hall–Kier alpha value is -2.37. The van der Waals surface area contributed by atoms with E-state index < -0.39 is 0 Å². The fraction of sp³-hybridized carbons (Fsp3) is 0.526. The van der Waals surface area contributed by atoms with Crippen molar-refractivity contribution >= 4 is 11.6 Å². The van der Waals surface area contributed by atoms with E-state index >= 15 is 0 Å². The zero-order valence-corrected chi connectivity index (χ0v) is 15.7. The van der Waals surface area contributed by atoms with Gasteiger partial charge in [-0.05, 0) is 62.3 Å². The normalized spacial score (nSPS) is 17.9. The van der Waals surface area contributed by atoms with Crippen LogP contribution in [-0.2, 0) is 4.79 Å². The molecule has 0 unspecified atom stereocenters. The van der Waals surface area contributed by atoms with E-state index in [-0.39, 0.29) is 23.8 Å². The topological polar surface area (TPSA) is 76.7 Å². The largest absolute Gasteiger partial charge is 0.465 e. The first-order valence-corrected chi connectivity index (χ1v) is 8.55. The van der Waals surface area contributed by atoms with Gasteiger partial charge in [-0.25, -0.2) is 5.43 Å². The number of aryl methyl sites for hydroxylation is 1. The Labute approximate surface area is 149 Å². The maximum absolute atomic E-state index is 11.8. The molecule has 1 aliphatic rings. The Morgan fingerprint density at radius 3 is 2.88 bits per heavy atom. The Kier molecular flexibility index (Phi) is 6.17. The average molecular weight is 345 g/mol. The van der Waals surface area contributed by atoms with Gasteiger partial charge in [0.1, 0.15) is 5.76 Å². The van der Waals surface area contributed by atoms with Crippen molar-refractivity contribution in [3.05, 3.63) is 35.1 Å². The van der Waals surface area contributed by atoms with Gasteiger partial charge in [-0.2, -0.15) is 5.10 Å². The Bertz CT molecular complexity index is 711. The molecule has 0 fully saturated rings.